The highest BCUT2D eigenvalue weighted by molar-refractivity contribution is 5.14. The summed E-state index contributed by atoms with van der Waals surface area (Å²) < 4.78 is 24.2. The smallest absolute Gasteiger partial charge is 0.163 e. The summed E-state index contributed by atoms with van der Waals surface area (Å²) in [5.74, 6) is -0.821. The summed E-state index contributed by atoms with van der Waals surface area (Å²) in [4.78, 5) is 3.84. The molecule has 0 spiro atoms. The SMILES string of the molecule is CC(NCC1COC(C)(C)O1)c1cncc(F)c1. The van der Waals surface area contributed by atoms with Crippen molar-refractivity contribution in [3.05, 3.63) is 29.8 Å². The first-order valence-corrected chi connectivity index (χ1v) is 6.12. The van der Waals surface area contributed by atoms with Crippen LogP contribution in [0.1, 0.15) is 32.4 Å². The standard InChI is InChI=1S/C13H19FN2O2/c1-9(10-4-11(14)6-15-5-10)16-7-12-8-17-13(2,3)18-12/h4-6,9,12,16H,7-8H2,1-3H3. The molecule has 18 heavy (non-hydrogen) atoms. The Morgan fingerprint density at radius 3 is 2.94 bits per heavy atom. The van der Waals surface area contributed by atoms with Crippen molar-refractivity contribution in [3.63, 3.8) is 0 Å². The molecule has 0 bridgehead atoms. The van der Waals surface area contributed by atoms with E-state index in [0.29, 0.717) is 13.2 Å². The van der Waals surface area contributed by atoms with Crippen molar-refractivity contribution in [3.8, 4) is 0 Å². The molecule has 1 N–H and O–H groups in total. The zero-order valence-corrected chi connectivity index (χ0v) is 10.9. The molecule has 100 valence electrons. The molecule has 1 aliphatic rings. The fraction of sp³-hybridized carbons (Fsp3) is 0.615. The van der Waals surface area contributed by atoms with E-state index >= 15 is 0 Å². The molecule has 1 fully saturated rings. The minimum Gasteiger partial charge on any atom is -0.348 e. The lowest BCUT2D eigenvalue weighted by Crippen LogP contribution is -2.32. The van der Waals surface area contributed by atoms with Crippen molar-refractivity contribution in [2.45, 2.75) is 38.7 Å². The average molecular weight is 254 g/mol. The molecule has 0 radical (unpaired) electrons. The molecular weight excluding hydrogens is 235 g/mol. The lowest BCUT2D eigenvalue weighted by atomic mass is 10.1. The molecule has 0 amide bonds. The van der Waals surface area contributed by atoms with Gasteiger partial charge in [-0.2, -0.15) is 0 Å². The van der Waals surface area contributed by atoms with E-state index in [0.717, 1.165) is 5.56 Å². The van der Waals surface area contributed by atoms with Crippen LogP contribution in [0.5, 0.6) is 0 Å². The summed E-state index contributed by atoms with van der Waals surface area (Å²) in [5, 5.41) is 3.29. The lowest BCUT2D eigenvalue weighted by Gasteiger charge is -2.19. The van der Waals surface area contributed by atoms with Gasteiger partial charge in [0.05, 0.1) is 18.9 Å². The van der Waals surface area contributed by atoms with E-state index in [1.54, 1.807) is 6.20 Å². The van der Waals surface area contributed by atoms with Gasteiger partial charge in [0.25, 0.3) is 0 Å². The van der Waals surface area contributed by atoms with Gasteiger partial charge < -0.3 is 14.8 Å². The molecule has 1 aromatic heterocycles. The van der Waals surface area contributed by atoms with Crippen LogP contribution in [-0.2, 0) is 9.47 Å². The average Bonchev–Trinajstić information content (AvgIpc) is 2.66. The number of halogens is 1. The first-order chi connectivity index (χ1) is 8.46. The van der Waals surface area contributed by atoms with Crippen molar-refractivity contribution in [1.29, 1.82) is 0 Å². The number of hydrogen-bond acceptors (Lipinski definition) is 4. The van der Waals surface area contributed by atoms with Crippen molar-refractivity contribution in [2.75, 3.05) is 13.2 Å². The van der Waals surface area contributed by atoms with Gasteiger partial charge >= 0.3 is 0 Å². The normalized spacial score (nSPS) is 24.1. The molecule has 0 aliphatic carbocycles. The van der Waals surface area contributed by atoms with Gasteiger partial charge in [0, 0.05) is 18.8 Å². The zero-order valence-electron chi connectivity index (χ0n) is 10.9. The maximum atomic E-state index is 13.0. The third-order valence-corrected chi connectivity index (χ3v) is 2.95. The summed E-state index contributed by atoms with van der Waals surface area (Å²) in [6, 6.07) is 1.51. The third kappa shape index (κ3) is 3.48. The Kier molecular flexibility index (Phi) is 3.94. The predicted molar refractivity (Wildman–Crippen MR) is 65.5 cm³/mol. The van der Waals surface area contributed by atoms with Gasteiger partial charge in [-0.05, 0) is 32.4 Å². The highest BCUT2D eigenvalue weighted by Gasteiger charge is 2.32. The Hall–Kier alpha value is -1.04. The van der Waals surface area contributed by atoms with Crippen LogP contribution in [-0.4, -0.2) is 30.0 Å². The third-order valence-electron chi connectivity index (χ3n) is 2.95. The lowest BCUT2D eigenvalue weighted by molar-refractivity contribution is -0.137. The molecule has 0 saturated carbocycles. The first kappa shape index (κ1) is 13.4. The fourth-order valence-electron chi connectivity index (χ4n) is 1.95. The number of hydrogen-bond donors (Lipinski definition) is 1. The molecule has 2 atom stereocenters. The Bertz CT molecular complexity index is 412. The van der Waals surface area contributed by atoms with Gasteiger partial charge in [-0.15, -0.1) is 0 Å². The van der Waals surface area contributed by atoms with E-state index in [-0.39, 0.29) is 18.0 Å². The number of rotatable bonds is 4. The molecule has 2 unspecified atom stereocenters. The minimum atomic E-state index is -0.504. The number of ether oxygens (including phenoxy) is 2. The van der Waals surface area contributed by atoms with Gasteiger partial charge in [0.15, 0.2) is 5.79 Å². The van der Waals surface area contributed by atoms with Crippen LogP contribution in [0.4, 0.5) is 4.39 Å². The second-order valence-corrected chi connectivity index (χ2v) is 5.02. The Morgan fingerprint density at radius 2 is 2.33 bits per heavy atom. The molecule has 1 aromatic rings. The van der Waals surface area contributed by atoms with Crippen LogP contribution >= 0.6 is 0 Å². The summed E-state index contributed by atoms with van der Waals surface area (Å²) in [7, 11) is 0. The van der Waals surface area contributed by atoms with Crippen LogP contribution in [0.15, 0.2) is 18.5 Å². The van der Waals surface area contributed by atoms with Gasteiger partial charge in [-0.3, -0.25) is 4.98 Å². The zero-order chi connectivity index (χ0) is 13.2. The molecule has 4 nitrogen and oxygen atoms in total. The molecule has 2 heterocycles. The molecule has 5 heteroatoms. The maximum absolute atomic E-state index is 13.0. The van der Waals surface area contributed by atoms with Crippen LogP contribution in [0, 0.1) is 5.82 Å². The first-order valence-electron chi connectivity index (χ1n) is 6.12. The maximum Gasteiger partial charge on any atom is 0.163 e. The van der Waals surface area contributed by atoms with Gasteiger partial charge in [0.2, 0.25) is 0 Å². The fourth-order valence-corrected chi connectivity index (χ4v) is 1.95. The summed E-state index contributed by atoms with van der Waals surface area (Å²) in [6.45, 7) is 7.01. The van der Waals surface area contributed by atoms with Gasteiger partial charge in [-0.25, -0.2) is 4.39 Å². The van der Waals surface area contributed by atoms with E-state index in [1.165, 1.54) is 12.3 Å². The van der Waals surface area contributed by atoms with E-state index in [2.05, 4.69) is 10.3 Å². The topological polar surface area (TPSA) is 43.4 Å². The highest BCUT2D eigenvalue weighted by Crippen LogP contribution is 2.22. The van der Waals surface area contributed by atoms with E-state index < -0.39 is 5.79 Å². The summed E-state index contributed by atoms with van der Waals surface area (Å²) in [6.07, 6.45) is 2.90. The van der Waals surface area contributed by atoms with Crippen molar-refractivity contribution < 1.29 is 13.9 Å². The van der Waals surface area contributed by atoms with Gasteiger partial charge in [-0.1, -0.05) is 0 Å². The molecule has 1 saturated heterocycles. The number of aromatic nitrogens is 1. The number of pyridine rings is 1. The Morgan fingerprint density at radius 1 is 1.56 bits per heavy atom. The highest BCUT2D eigenvalue weighted by atomic mass is 19.1. The quantitative estimate of drug-likeness (QED) is 0.892. The summed E-state index contributed by atoms with van der Waals surface area (Å²) in [5.41, 5.74) is 0.827. The van der Waals surface area contributed by atoms with E-state index in [9.17, 15) is 4.39 Å². The van der Waals surface area contributed by atoms with Crippen LogP contribution in [0.2, 0.25) is 0 Å². The Labute approximate surface area is 107 Å². The van der Waals surface area contributed by atoms with E-state index in [4.69, 9.17) is 9.47 Å². The largest absolute Gasteiger partial charge is 0.348 e. The molecule has 2 rings (SSSR count). The second kappa shape index (κ2) is 5.30. The monoisotopic (exact) mass is 254 g/mol. The van der Waals surface area contributed by atoms with Gasteiger partial charge in [0.1, 0.15) is 5.82 Å². The number of nitrogens with one attached hydrogen (secondary N) is 1. The minimum absolute atomic E-state index is 0.0283. The van der Waals surface area contributed by atoms with Crippen molar-refractivity contribution in [1.82, 2.24) is 10.3 Å². The number of nitrogens with zero attached hydrogens (tertiary/aromatic N) is 1. The van der Waals surface area contributed by atoms with Crippen LogP contribution in [0.25, 0.3) is 0 Å². The molecule has 1 aliphatic heterocycles. The summed E-state index contributed by atoms with van der Waals surface area (Å²) >= 11 is 0. The Balaban J connectivity index is 1.84. The van der Waals surface area contributed by atoms with Crippen LogP contribution < -0.4 is 5.32 Å². The van der Waals surface area contributed by atoms with Crippen molar-refractivity contribution >= 4 is 0 Å². The van der Waals surface area contributed by atoms with Crippen molar-refractivity contribution in [2.24, 2.45) is 0 Å². The molecular formula is C13H19FN2O2. The molecule has 0 aromatic carbocycles. The second-order valence-electron chi connectivity index (χ2n) is 5.02. The predicted octanol–water partition coefficient (Wildman–Crippen LogP) is 2.02. The van der Waals surface area contributed by atoms with E-state index in [1.807, 2.05) is 20.8 Å². The van der Waals surface area contributed by atoms with Crippen LogP contribution in [0.3, 0.4) is 0 Å².